The molecule has 2 rings (SSSR count). The number of anilines is 1. The highest BCUT2D eigenvalue weighted by atomic mass is 16.5. The summed E-state index contributed by atoms with van der Waals surface area (Å²) in [6, 6.07) is 11.7. The quantitative estimate of drug-likeness (QED) is 0.820. The maximum absolute atomic E-state index is 5.86. The summed E-state index contributed by atoms with van der Waals surface area (Å²) in [5.74, 6) is 1.41. The van der Waals surface area contributed by atoms with Crippen LogP contribution in [0, 0.1) is 0 Å². The highest BCUT2D eigenvalue weighted by Crippen LogP contribution is 2.39. The average molecular weight is 272 g/mol. The van der Waals surface area contributed by atoms with Crippen LogP contribution in [0.1, 0.15) is 5.56 Å². The molecule has 0 fully saturated rings. The molecule has 4 heteroatoms. The molecule has 0 amide bonds. The van der Waals surface area contributed by atoms with E-state index in [1.165, 1.54) is 0 Å². The fourth-order valence-electron chi connectivity index (χ4n) is 2.25. The minimum Gasteiger partial charge on any atom is -0.493 e. The smallest absolute Gasteiger partial charge is 0.168 e. The molecule has 2 aromatic rings. The van der Waals surface area contributed by atoms with E-state index in [2.05, 4.69) is 6.07 Å². The highest BCUT2D eigenvalue weighted by molar-refractivity contribution is 5.76. The first-order chi connectivity index (χ1) is 9.69. The molecule has 0 bridgehead atoms. The first kappa shape index (κ1) is 14.2. The summed E-state index contributed by atoms with van der Waals surface area (Å²) in [4.78, 5) is 0. The van der Waals surface area contributed by atoms with Gasteiger partial charge in [0.25, 0.3) is 0 Å². The van der Waals surface area contributed by atoms with Gasteiger partial charge in [-0.1, -0.05) is 12.1 Å². The number of hydrogen-bond donors (Lipinski definition) is 2. The summed E-state index contributed by atoms with van der Waals surface area (Å²) in [6.45, 7) is 0.589. The number of benzene rings is 2. The highest BCUT2D eigenvalue weighted by Gasteiger charge is 2.14. The summed E-state index contributed by atoms with van der Waals surface area (Å²) in [6.07, 6.45) is 0.787. The normalized spacial score (nSPS) is 10.3. The van der Waals surface area contributed by atoms with Gasteiger partial charge in [0.2, 0.25) is 0 Å². The van der Waals surface area contributed by atoms with E-state index in [0.29, 0.717) is 23.7 Å². The first-order valence-electron chi connectivity index (χ1n) is 6.50. The third-order valence-electron chi connectivity index (χ3n) is 3.17. The molecule has 0 aliphatic carbocycles. The molecule has 0 radical (unpaired) electrons. The van der Waals surface area contributed by atoms with Gasteiger partial charge in [-0.3, -0.25) is 0 Å². The Morgan fingerprint density at radius 1 is 1.05 bits per heavy atom. The number of nitrogen functional groups attached to an aromatic ring is 1. The maximum Gasteiger partial charge on any atom is 0.168 e. The van der Waals surface area contributed by atoms with Crippen molar-refractivity contribution in [1.29, 1.82) is 0 Å². The summed E-state index contributed by atoms with van der Waals surface area (Å²) in [5.41, 5.74) is 15.3. The van der Waals surface area contributed by atoms with Crippen molar-refractivity contribution < 1.29 is 9.47 Å². The van der Waals surface area contributed by atoms with E-state index in [0.717, 1.165) is 23.1 Å². The lowest BCUT2D eigenvalue weighted by Crippen LogP contribution is -2.04. The van der Waals surface area contributed by atoms with Crippen LogP contribution in [0.15, 0.2) is 36.4 Å². The second-order valence-electron chi connectivity index (χ2n) is 4.54. The fourth-order valence-corrected chi connectivity index (χ4v) is 2.25. The molecule has 2 aromatic carbocycles. The summed E-state index contributed by atoms with van der Waals surface area (Å²) in [5, 5.41) is 0. The van der Waals surface area contributed by atoms with Crippen LogP contribution in [0.2, 0.25) is 0 Å². The molecule has 4 N–H and O–H groups in total. The molecule has 0 saturated heterocycles. The fraction of sp³-hybridized carbons (Fsp3) is 0.250. The molecule has 0 unspecified atom stereocenters. The first-order valence-corrected chi connectivity index (χ1v) is 6.50. The zero-order valence-electron chi connectivity index (χ0n) is 11.8. The van der Waals surface area contributed by atoms with E-state index < -0.39 is 0 Å². The molecular formula is C16H20N2O2. The van der Waals surface area contributed by atoms with Crippen molar-refractivity contribution in [3.8, 4) is 22.6 Å². The number of ether oxygens (including phenoxy) is 2. The Hall–Kier alpha value is -2.20. The Balaban J connectivity index is 2.62. The van der Waals surface area contributed by atoms with Gasteiger partial charge in [0.15, 0.2) is 11.5 Å². The van der Waals surface area contributed by atoms with Crippen LogP contribution in [-0.4, -0.2) is 20.8 Å². The van der Waals surface area contributed by atoms with E-state index in [-0.39, 0.29) is 0 Å². The lowest BCUT2D eigenvalue weighted by atomic mass is 9.99. The zero-order chi connectivity index (χ0) is 14.5. The molecule has 0 aliphatic rings. The van der Waals surface area contributed by atoms with Gasteiger partial charge in [0.1, 0.15) is 0 Å². The van der Waals surface area contributed by atoms with Gasteiger partial charge in [-0.25, -0.2) is 0 Å². The monoisotopic (exact) mass is 272 g/mol. The summed E-state index contributed by atoms with van der Waals surface area (Å²) < 4.78 is 10.9. The maximum atomic E-state index is 5.86. The minimum absolute atomic E-state index is 0.589. The topological polar surface area (TPSA) is 70.5 Å². The van der Waals surface area contributed by atoms with Crippen molar-refractivity contribution >= 4 is 5.69 Å². The van der Waals surface area contributed by atoms with Crippen molar-refractivity contribution in [2.75, 3.05) is 26.5 Å². The lowest BCUT2D eigenvalue weighted by molar-refractivity contribution is 0.355. The van der Waals surface area contributed by atoms with Gasteiger partial charge in [-0.05, 0) is 48.4 Å². The molecule has 0 saturated carbocycles. The Kier molecular flexibility index (Phi) is 4.48. The van der Waals surface area contributed by atoms with Crippen molar-refractivity contribution in [2.45, 2.75) is 6.42 Å². The van der Waals surface area contributed by atoms with E-state index in [4.69, 9.17) is 20.9 Å². The van der Waals surface area contributed by atoms with E-state index in [1.807, 2.05) is 30.3 Å². The van der Waals surface area contributed by atoms with Crippen molar-refractivity contribution in [3.05, 3.63) is 42.0 Å². The Morgan fingerprint density at radius 2 is 1.85 bits per heavy atom. The SMILES string of the molecule is COc1cc(CCN)cc(-c2cccc(N)c2)c1OC. The minimum atomic E-state index is 0.589. The van der Waals surface area contributed by atoms with Gasteiger partial charge in [-0.2, -0.15) is 0 Å². The van der Waals surface area contributed by atoms with Crippen LogP contribution in [0.4, 0.5) is 5.69 Å². The van der Waals surface area contributed by atoms with Gasteiger partial charge in [0, 0.05) is 11.3 Å². The van der Waals surface area contributed by atoms with E-state index in [1.54, 1.807) is 14.2 Å². The van der Waals surface area contributed by atoms with Gasteiger partial charge in [-0.15, -0.1) is 0 Å². The predicted octanol–water partition coefficient (Wildman–Crippen LogP) is 2.45. The second kappa shape index (κ2) is 6.30. The Labute approximate surface area is 119 Å². The van der Waals surface area contributed by atoms with Crippen LogP contribution in [0.3, 0.4) is 0 Å². The number of rotatable bonds is 5. The second-order valence-corrected chi connectivity index (χ2v) is 4.54. The standard InChI is InChI=1S/C16H20N2O2/c1-19-15-9-11(6-7-17)8-14(16(15)20-2)12-4-3-5-13(18)10-12/h3-5,8-10H,6-7,17-18H2,1-2H3. The molecule has 0 spiro atoms. The molecule has 20 heavy (non-hydrogen) atoms. The molecule has 0 heterocycles. The van der Waals surface area contributed by atoms with Crippen molar-refractivity contribution in [2.24, 2.45) is 5.73 Å². The third kappa shape index (κ3) is 2.86. The number of nitrogens with two attached hydrogens (primary N) is 2. The van der Waals surface area contributed by atoms with Crippen LogP contribution < -0.4 is 20.9 Å². The van der Waals surface area contributed by atoms with Crippen molar-refractivity contribution in [3.63, 3.8) is 0 Å². The van der Waals surface area contributed by atoms with Crippen molar-refractivity contribution in [1.82, 2.24) is 0 Å². The van der Waals surface area contributed by atoms with E-state index >= 15 is 0 Å². The Bertz CT molecular complexity index is 597. The van der Waals surface area contributed by atoms with Crippen LogP contribution in [0.25, 0.3) is 11.1 Å². The average Bonchev–Trinajstić information content (AvgIpc) is 2.46. The molecule has 0 atom stereocenters. The molecular weight excluding hydrogens is 252 g/mol. The number of methoxy groups -OCH3 is 2. The zero-order valence-corrected chi connectivity index (χ0v) is 11.8. The largest absolute Gasteiger partial charge is 0.493 e. The molecule has 0 aromatic heterocycles. The van der Waals surface area contributed by atoms with Crippen LogP contribution in [-0.2, 0) is 6.42 Å². The third-order valence-corrected chi connectivity index (χ3v) is 3.17. The van der Waals surface area contributed by atoms with Crippen LogP contribution in [0.5, 0.6) is 11.5 Å². The lowest BCUT2D eigenvalue weighted by Gasteiger charge is -2.15. The summed E-state index contributed by atoms with van der Waals surface area (Å²) in [7, 11) is 3.27. The predicted molar refractivity (Wildman–Crippen MR) is 82.2 cm³/mol. The van der Waals surface area contributed by atoms with E-state index in [9.17, 15) is 0 Å². The summed E-state index contributed by atoms with van der Waals surface area (Å²) >= 11 is 0. The van der Waals surface area contributed by atoms with Gasteiger partial charge in [0.05, 0.1) is 14.2 Å². The molecule has 0 aliphatic heterocycles. The van der Waals surface area contributed by atoms with Gasteiger partial charge < -0.3 is 20.9 Å². The molecule has 106 valence electrons. The van der Waals surface area contributed by atoms with Crippen LogP contribution >= 0.6 is 0 Å². The van der Waals surface area contributed by atoms with Gasteiger partial charge >= 0.3 is 0 Å². The molecule has 4 nitrogen and oxygen atoms in total. The number of hydrogen-bond acceptors (Lipinski definition) is 4. The Morgan fingerprint density at radius 3 is 2.45 bits per heavy atom.